The minimum Gasteiger partial charge on any atom is -0.398 e. The second-order valence-corrected chi connectivity index (χ2v) is 4.61. The zero-order valence-electron chi connectivity index (χ0n) is 9.84. The smallest absolute Gasteiger partial charge is 0.160 e. The number of pyridine rings is 1. The molecule has 90 valence electrons. The summed E-state index contributed by atoms with van der Waals surface area (Å²) in [4.78, 5) is 2.48. The molecule has 0 spiro atoms. The van der Waals surface area contributed by atoms with Gasteiger partial charge in [0, 0.05) is 24.8 Å². The van der Waals surface area contributed by atoms with Crippen molar-refractivity contribution in [2.75, 3.05) is 25.4 Å². The quantitative estimate of drug-likeness (QED) is 0.854. The summed E-state index contributed by atoms with van der Waals surface area (Å²) in [7, 11) is 0. The average molecular weight is 231 g/mol. The number of nitrogen functional groups attached to an aromatic ring is 1. The molecule has 2 aromatic heterocycles. The second kappa shape index (κ2) is 4.33. The maximum absolute atomic E-state index is 5.78. The zero-order valence-corrected chi connectivity index (χ0v) is 9.84. The van der Waals surface area contributed by atoms with Crippen LogP contribution in [-0.2, 0) is 6.42 Å². The Kier molecular flexibility index (Phi) is 2.68. The van der Waals surface area contributed by atoms with Crippen molar-refractivity contribution in [1.82, 2.24) is 19.5 Å². The zero-order chi connectivity index (χ0) is 11.7. The van der Waals surface area contributed by atoms with Crippen molar-refractivity contribution < 1.29 is 0 Å². The van der Waals surface area contributed by atoms with Crippen molar-refractivity contribution in [2.24, 2.45) is 0 Å². The molecule has 5 nitrogen and oxygen atoms in total. The topological polar surface area (TPSA) is 59.5 Å². The first kappa shape index (κ1) is 10.5. The molecule has 5 heteroatoms. The summed E-state index contributed by atoms with van der Waals surface area (Å²) in [6.45, 7) is 3.51. The van der Waals surface area contributed by atoms with Gasteiger partial charge in [0.25, 0.3) is 0 Å². The van der Waals surface area contributed by atoms with Crippen LogP contribution >= 0.6 is 0 Å². The fraction of sp³-hybridized carbons (Fsp3) is 0.500. The molecule has 1 saturated heterocycles. The van der Waals surface area contributed by atoms with E-state index >= 15 is 0 Å². The standard InChI is InChI=1S/C12H17N5/c13-10-3-4-11-14-15-12(17(11)9-10)5-8-16-6-1-2-7-16/h3-4,9H,1-2,5-8,13H2. The van der Waals surface area contributed by atoms with Crippen molar-refractivity contribution in [3.05, 3.63) is 24.2 Å². The summed E-state index contributed by atoms with van der Waals surface area (Å²) < 4.78 is 1.99. The van der Waals surface area contributed by atoms with Gasteiger partial charge in [-0.15, -0.1) is 10.2 Å². The first-order valence-corrected chi connectivity index (χ1v) is 6.14. The van der Waals surface area contributed by atoms with Gasteiger partial charge in [0.15, 0.2) is 5.65 Å². The monoisotopic (exact) mass is 231 g/mol. The van der Waals surface area contributed by atoms with E-state index in [1.54, 1.807) is 0 Å². The van der Waals surface area contributed by atoms with E-state index < -0.39 is 0 Å². The van der Waals surface area contributed by atoms with Crippen LogP contribution in [0.15, 0.2) is 18.3 Å². The van der Waals surface area contributed by atoms with E-state index in [-0.39, 0.29) is 0 Å². The molecule has 0 aliphatic carbocycles. The summed E-state index contributed by atoms with van der Waals surface area (Å²) in [6.07, 6.45) is 5.49. The number of anilines is 1. The third-order valence-electron chi connectivity index (χ3n) is 3.35. The molecule has 17 heavy (non-hydrogen) atoms. The highest BCUT2D eigenvalue weighted by Crippen LogP contribution is 2.11. The van der Waals surface area contributed by atoms with Crippen molar-refractivity contribution in [1.29, 1.82) is 0 Å². The lowest BCUT2D eigenvalue weighted by atomic mass is 10.3. The number of rotatable bonds is 3. The van der Waals surface area contributed by atoms with Gasteiger partial charge in [-0.2, -0.15) is 0 Å². The Balaban J connectivity index is 1.77. The van der Waals surface area contributed by atoms with E-state index in [0.717, 1.165) is 30.1 Å². The SMILES string of the molecule is Nc1ccc2nnc(CCN3CCCC3)n2c1. The Morgan fingerprint density at radius 2 is 2.00 bits per heavy atom. The molecule has 0 bridgehead atoms. The summed E-state index contributed by atoms with van der Waals surface area (Å²) in [5, 5.41) is 8.37. The van der Waals surface area contributed by atoms with E-state index in [1.165, 1.54) is 25.9 Å². The molecular weight excluding hydrogens is 214 g/mol. The summed E-state index contributed by atoms with van der Waals surface area (Å²) in [5.74, 6) is 0.999. The van der Waals surface area contributed by atoms with Crippen LogP contribution in [-0.4, -0.2) is 39.1 Å². The Morgan fingerprint density at radius 3 is 2.82 bits per heavy atom. The molecule has 0 atom stereocenters. The average Bonchev–Trinajstić information content (AvgIpc) is 2.94. The first-order valence-electron chi connectivity index (χ1n) is 6.14. The molecule has 0 unspecified atom stereocenters. The lowest BCUT2D eigenvalue weighted by Gasteiger charge is -2.13. The van der Waals surface area contributed by atoms with Crippen molar-refractivity contribution in [3.63, 3.8) is 0 Å². The largest absolute Gasteiger partial charge is 0.398 e. The lowest BCUT2D eigenvalue weighted by molar-refractivity contribution is 0.340. The fourth-order valence-electron chi connectivity index (χ4n) is 2.39. The van der Waals surface area contributed by atoms with Crippen LogP contribution in [0, 0.1) is 0 Å². The fourth-order valence-corrected chi connectivity index (χ4v) is 2.39. The predicted molar refractivity (Wildman–Crippen MR) is 66.8 cm³/mol. The van der Waals surface area contributed by atoms with Gasteiger partial charge in [-0.1, -0.05) is 0 Å². The maximum Gasteiger partial charge on any atom is 0.160 e. The molecule has 0 radical (unpaired) electrons. The summed E-state index contributed by atoms with van der Waals surface area (Å²) in [5.41, 5.74) is 7.40. The number of likely N-dealkylation sites (tertiary alicyclic amines) is 1. The van der Waals surface area contributed by atoms with Gasteiger partial charge in [-0.05, 0) is 38.1 Å². The molecule has 2 N–H and O–H groups in total. The molecule has 1 aliphatic rings. The van der Waals surface area contributed by atoms with Gasteiger partial charge in [0.05, 0.1) is 0 Å². The molecule has 0 saturated carbocycles. The van der Waals surface area contributed by atoms with Crippen LogP contribution < -0.4 is 5.73 Å². The highest BCUT2D eigenvalue weighted by atomic mass is 15.2. The molecule has 3 heterocycles. The van der Waals surface area contributed by atoms with Crippen LogP contribution in [0.25, 0.3) is 5.65 Å². The van der Waals surface area contributed by atoms with Crippen molar-refractivity contribution in [3.8, 4) is 0 Å². The third-order valence-corrected chi connectivity index (χ3v) is 3.35. The first-order chi connectivity index (χ1) is 8.33. The predicted octanol–water partition coefficient (Wildman–Crippen LogP) is 0.950. The van der Waals surface area contributed by atoms with Crippen molar-refractivity contribution in [2.45, 2.75) is 19.3 Å². The van der Waals surface area contributed by atoms with Crippen LogP contribution in [0.2, 0.25) is 0 Å². The minimum absolute atomic E-state index is 0.750. The number of nitrogens with zero attached hydrogens (tertiary/aromatic N) is 4. The van der Waals surface area contributed by atoms with Gasteiger partial charge in [0.2, 0.25) is 0 Å². The number of hydrogen-bond acceptors (Lipinski definition) is 4. The van der Waals surface area contributed by atoms with Crippen LogP contribution in [0.1, 0.15) is 18.7 Å². The van der Waals surface area contributed by atoms with Gasteiger partial charge >= 0.3 is 0 Å². The van der Waals surface area contributed by atoms with E-state index in [1.807, 2.05) is 22.7 Å². The van der Waals surface area contributed by atoms with Gasteiger partial charge in [0.1, 0.15) is 5.82 Å². The Labute approximate surface area is 100 Å². The van der Waals surface area contributed by atoms with E-state index in [9.17, 15) is 0 Å². The Bertz CT molecular complexity index is 513. The number of nitrogens with two attached hydrogens (primary N) is 1. The minimum atomic E-state index is 0.750. The molecule has 1 fully saturated rings. The maximum atomic E-state index is 5.78. The second-order valence-electron chi connectivity index (χ2n) is 4.61. The van der Waals surface area contributed by atoms with Crippen LogP contribution in [0.3, 0.4) is 0 Å². The molecular formula is C12H17N5. The molecule has 0 amide bonds. The molecule has 3 rings (SSSR count). The molecule has 0 aromatic carbocycles. The number of aromatic nitrogens is 3. The summed E-state index contributed by atoms with van der Waals surface area (Å²) >= 11 is 0. The highest BCUT2D eigenvalue weighted by Gasteiger charge is 2.13. The van der Waals surface area contributed by atoms with Gasteiger partial charge in [-0.3, -0.25) is 4.40 Å². The number of fused-ring (bicyclic) bond motifs is 1. The van der Waals surface area contributed by atoms with Gasteiger partial charge < -0.3 is 10.6 Å². The Hall–Kier alpha value is -1.62. The van der Waals surface area contributed by atoms with E-state index in [2.05, 4.69) is 15.1 Å². The van der Waals surface area contributed by atoms with Crippen molar-refractivity contribution >= 4 is 11.3 Å². The lowest BCUT2D eigenvalue weighted by Crippen LogP contribution is -2.22. The molecule has 1 aliphatic heterocycles. The number of hydrogen-bond donors (Lipinski definition) is 1. The Morgan fingerprint density at radius 1 is 1.18 bits per heavy atom. The highest BCUT2D eigenvalue weighted by molar-refractivity contribution is 5.47. The van der Waals surface area contributed by atoms with Crippen LogP contribution in [0.5, 0.6) is 0 Å². The van der Waals surface area contributed by atoms with Gasteiger partial charge in [-0.25, -0.2) is 0 Å². The van der Waals surface area contributed by atoms with Crippen LogP contribution in [0.4, 0.5) is 5.69 Å². The normalized spacial score (nSPS) is 16.9. The molecule has 2 aromatic rings. The third kappa shape index (κ3) is 2.10. The summed E-state index contributed by atoms with van der Waals surface area (Å²) in [6, 6.07) is 3.76. The van der Waals surface area contributed by atoms with E-state index in [0.29, 0.717) is 0 Å². The van der Waals surface area contributed by atoms with E-state index in [4.69, 9.17) is 5.73 Å².